The first-order valence-corrected chi connectivity index (χ1v) is 7.61. The second-order valence-electron chi connectivity index (χ2n) is 4.32. The van der Waals surface area contributed by atoms with E-state index in [2.05, 4.69) is 4.72 Å². The van der Waals surface area contributed by atoms with Crippen LogP contribution < -0.4 is 4.72 Å². The highest BCUT2D eigenvalue weighted by Crippen LogP contribution is 2.12. The van der Waals surface area contributed by atoms with Crippen molar-refractivity contribution >= 4 is 16.0 Å². The lowest BCUT2D eigenvalue weighted by Gasteiger charge is -2.12. The molecule has 0 aliphatic rings. The minimum absolute atomic E-state index is 0.0443. The van der Waals surface area contributed by atoms with Gasteiger partial charge < -0.3 is 5.11 Å². The molecule has 0 aliphatic carbocycles. The SMILES string of the molecule is CCCC(CNS(=O)(=O)c1cccc(C#N)c1)C(=O)O. The quantitative estimate of drug-likeness (QED) is 0.789. The zero-order valence-electron chi connectivity index (χ0n) is 11.0. The molecule has 1 aromatic rings. The van der Waals surface area contributed by atoms with Crippen LogP contribution >= 0.6 is 0 Å². The number of hydrogen-bond acceptors (Lipinski definition) is 4. The van der Waals surface area contributed by atoms with E-state index in [9.17, 15) is 13.2 Å². The molecular formula is C13H16N2O4S. The van der Waals surface area contributed by atoms with Crippen LogP contribution in [-0.2, 0) is 14.8 Å². The van der Waals surface area contributed by atoms with Gasteiger partial charge in [0.2, 0.25) is 10.0 Å². The van der Waals surface area contributed by atoms with Crippen LogP contribution in [0.4, 0.5) is 0 Å². The lowest BCUT2D eigenvalue weighted by molar-refractivity contribution is -0.141. The molecule has 0 fully saturated rings. The molecule has 0 saturated heterocycles. The molecule has 20 heavy (non-hydrogen) atoms. The average Bonchev–Trinajstić information content (AvgIpc) is 2.43. The van der Waals surface area contributed by atoms with E-state index < -0.39 is 21.9 Å². The van der Waals surface area contributed by atoms with Gasteiger partial charge in [-0.2, -0.15) is 5.26 Å². The summed E-state index contributed by atoms with van der Waals surface area (Å²) in [7, 11) is -3.80. The molecule has 1 unspecified atom stereocenters. The van der Waals surface area contributed by atoms with Gasteiger partial charge in [-0.3, -0.25) is 4.79 Å². The molecule has 0 aromatic heterocycles. The maximum Gasteiger partial charge on any atom is 0.307 e. The number of nitrogens with one attached hydrogen (secondary N) is 1. The minimum atomic E-state index is -3.80. The molecule has 0 saturated carbocycles. The number of sulfonamides is 1. The largest absolute Gasteiger partial charge is 0.481 e. The van der Waals surface area contributed by atoms with Crippen LogP contribution in [0.25, 0.3) is 0 Å². The lowest BCUT2D eigenvalue weighted by atomic mass is 10.1. The summed E-state index contributed by atoms with van der Waals surface area (Å²) in [6.07, 6.45) is 1.05. The third-order valence-electron chi connectivity index (χ3n) is 2.78. The molecule has 0 heterocycles. The lowest BCUT2D eigenvalue weighted by Crippen LogP contribution is -2.33. The van der Waals surface area contributed by atoms with Gasteiger partial charge in [-0.1, -0.05) is 19.4 Å². The van der Waals surface area contributed by atoms with Crippen molar-refractivity contribution in [1.82, 2.24) is 4.72 Å². The Morgan fingerprint density at radius 3 is 2.75 bits per heavy atom. The normalized spacial score (nSPS) is 12.6. The molecule has 1 rings (SSSR count). The fraction of sp³-hybridized carbons (Fsp3) is 0.385. The van der Waals surface area contributed by atoms with Crippen LogP contribution in [0.5, 0.6) is 0 Å². The summed E-state index contributed by atoms with van der Waals surface area (Å²) in [6, 6.07) is 7.43. The Bertz CT molecular complexity index is 620. The number of aliphatic carboxylic acids is 1. The summed E-state index contributed by atoms with van der Waals surface area (Å²) < 4.78 is 26.3. The van der Waals surface area contributed by atoms with E-state index in [-0.39, 0.29) is 17.0 Å². The van der Waals surface area contributed by atoms with Gasteiger partial charge in [0.1, 0.15) is 0 Å². The first-order chi connectivity index (χ1) is 9.40. The third-order valence-corrected chi connectivity index (χ3v) is 4.20. The van der Waals surface area contributed by atoms with Crippen molar-refractivity contribution in [3.8, 4) is 6.07 Å². The van der Waals surface area contributed by atoms with Gasteiger partial charge in [-0.05, 0) is 24.6 Å². The summed E-state index contributed by atoms with van der Waals surface area (Å²) in [5.41, 5.74) is 0.233. The molecule has 0 spiro atoms. The monoisotopic (exact) mass is 296 g/mol. The topological polar surface area (TPSA) is 107 Å². The Labute approximate surface area is 118 Å². The summed E-state index contributed by atoms with van der Waals surface area (Å²) >= 11 is 0. The van der Waals surface area contributed by atoms with Crippen molar-refractivity contribution in [1.29, 1.82) is 5.26 Å². The summed E-state index contributed by atoms with van der Waals surface area (Å²) in [6.45, 7) is 1.67. The van der Waals surface area contributed by atoms with E-state index in [4.69, 9.17) is 10.4 Å². The van der Waals surface area contributed by atoms with Crippen molar-refractivity contribution < 1.29 is 18.3 Å². The van der Waals surface area contributed by atoms with Crippen LogP contribution in [-0.4, -0.2) is 26.0 Å². The number of nitrogens with zero attached hydrogens (tertiary/aromatic N) is 1. The number of hydrogen-bond donors (Lipinski definition) is 2. The maximum absolute atomic E-state index is 12.0. The average molecular weight is 296 g/mol. The molecular weight excluding hydrogens is 280 g/mol. The Morgan fingerprint density at radius 1 is 1.50 bits per heavy atom. The van der Waals surface area contributed by atoms with Crippen LogP contribution in [0.2, 0.25) is 0 Å². The smallest absolute Gasteiger partial charge is 0.307 e. The van der Waals surface area contributed by atoms with E-state index in [1.165, 1.54) is 24.3 Å². The molecule has 1 aromatic carbocycles. The molecule has 0 bridgehead atoms. The zero-order valence-corrected chi connectivity index (χ0v) is 11.9. The van der Waals surface area contributed by atoms with E-state index in [0.717, 1.165) is 0 Å². The summed E-state index contributed by atoms with van der Waals surface area (Å²) in [5.74, 6) is -1.78. The van der Waals surface area contributed by atoms with Gasteiger partial charge in [0.25, 0.3) is 0 Å². The molecule has 2 N–H and O–H groups in total. The number of nitriles is 1. The van der Waals surface area contributed by atoms with E-state index in [1.54, 1.807) is 0 Å². The van der Waals surface area contributed by atoms with Crippen LogP contribution in [0, 0.1) is 17.2 Å². The zero-order chi connectivity index (χ0) is 15.2. The van der Waals surface area contributed by atoms with Gasteiger partial charge >= 0.3 is 5.97 Å². The molecule has 108 valence electrons. The highest BCUT2D eigenvalue weighted by Gasteiger charge is 2.21. The Hall–Kier alpha value is -1.91. The van der Waals surface area contributed by atoms with E-state index in [0.29, 0.717) is 12.8 Å². The second kappa shape index (κ2) is 7.03. The molecule has 6 nitrogen and oxygen atoms in total. The highest BCUT2D eigenvalue weighted by molar-refractivity contribution is 7.89. The predicted molar refractivity (Wildman–Crippen MR) is 72.4 cm³/mol. The number of carboxylic acids is 1. The number of carbonyl (C=O) groups is 1. The number of benzene rings is 1. The first-order valence-electron chi connectivity index (χ1n) is 6.13. The van der Waals surface area contributed by atoms with Crippen LogP contribution in [0.3, 0.4) is 0 Å². The van der Waals surface area contributed by atoms with E-state index in [1.807, 2.05) is 13.0 Å². The predicted octanol–water partition coefficient (Wildman–Crippen LogP) is 1.34. The molecule has 0 radical (unpaired) electrons. The summed E-state index contributed by atoms with van der Waals surface area (Å²) in [4.78, 5) is 10.9. The van der Waals surface area contributed by atoms with Crippen molar-refractivity contribution in [2.75, 3.05) is 6.54 Å². The molecule has 0 amide bonds. The highest BCUT2D eigenvalue weighted by atomic mass is 32.2. The van der Waals surface area contributed by atoms with Crippen LogP contribution in [0.15, 0.2) is 29.2 Å². The number of rotatable bonds is 7. The first kappa shape index (κ1) is 16.1. The Morgan fingerprint density at radius 2 is 2.20 bits per heavy atom. The van der Waals surface area contributed by atoms with Crippen molar-refractivity contribution in [2.24, 2.45) is 5.92 Å². The molecule has 7 heteroatoms. The summed E-state index contributed by atoms with van der Waals surface area (Å²) in [5, 5.41) is 17.7. The Balaban J connectivity index is 2.84. The maximum atomic E-state index is 12.0. The standard InChI is InChI=1S/C13H16N2O4S/c1-2-4-11(13(16)17)9-15-20(18,19)12-6-3-5-10(7-12)8-14/h3,5-7,11,15H,2,4,9H2,1H3,(H,16,17). The van der Waals surface area contributed by atoms with Crippen molar-refractivity contribution in [3.63, 3.8) is 0 Å². The van der Waals surface area contributed by atoms with Crippen molar-refractivity contribution in [2.45, 2.75) is 24.7 Å². The van der Waals surface area contributed by atoms with E-state index >= 15 is 0 Å². The second-order valence-corrected chi connectivity index (χ2v) is 6.08. The minimum Gasteiger partial charge on any atom is -0.481 e. The van der Waals surface area contributed by atoms with Gasteiger partial charge in [0.05, 0.1) is 22.4 Å². The van der Waals surface area contributed by atoms with Gasteiger partial charge in [0.15, 0.2) is 0 Å². The molecule has 0 aliphatic heterocycles. The number of carboxylic acid groups (broad SMARTS) is 1. The van der Waals surface area contributed by atoms with Crippen molar-refractivity contribution in [3.05, 3.63) is 29.8 Å². The van der Waals surface area contributed by atoms with Gasteiger partial charge in [-0.15, -0.1) is 0 Å². The van der Waals surface area contributed by atoms with Gasteiger partial charge in [0, 0.05) is 6.54 Å². The fourth-order valence-electron chi connectivity index (χ4n) is 1.69. The molecule has 1 atom stereocenters. The Kier molecular flexibility index (Phi) is 5.67. The van der Waals surface area contributed by atoms with Crippen LogP contribution in [0.1, 0.15) is 25.3 Å². The fourth-order valence-corrected chi connectivity index (χ4v) is 2.81. The third kappa shape index (κ3) is 4.33. The van der Waals surface area contributed by atoms with Gasteiger partial charge in [-0.25, -0.2) is 13.1 Å².